The van der Waals surface area contributed by atoms with Gasteiger partial charge in [-0.15, -0.1) is 0 Å². The van der Waals surface area contributed by atoms with Crippen LogP contribution in [0.4, 0.5) is 0 Å². The molecule has 7 heteroatoms. The van der Waals surface area contributed by atoms with Gasteiger partial charge >= 0.3 is 0 Å². The van der Waals surface area contributed by atoms with Gasteiger partial charge in [-0.25, -0.2) is 13.1 Å². The number of hydrogen-bond acceptors (Lipinski definition) is 4. The number of nitrogens with zero attached hydrogens (tertiary/aromatic N) is 2. The van der Waals surface area contributed by atoms with E-state index in [2.05, 4.69) is 22.0 Å². The normalized spacial score (nSPS) is 17.6. The number of benzene rings is 1. The summed E-state index contributed by atoms with van der Waals surface area (Å²) >= 11 is 0. The predicted molar refractivity (Wildman–Crippen MR) is 92.2 cm³/mol. The monoisotopic (exact) mass is 349 g/mol. The van der Waals surface area contributed by atoms with Gasteiger partial charge in [-0.05, 0) is 24.0 Å². The van der Waals surface area contributed by atoms with Crippen molar-refractivity contribution in [2.45, 2.75) is 32.4 Å². The summed E-state index contributed by atoms with van der Waals surface area (Å²) in [5, 5.41) is 4.63. The zero-order chi connectivity index (χ0) is 17.0. The van der Waals surface area contributed by atoms with Crippen LogP contribution in [0.5, 0.6) is 0 Å². The molecule has 24 heavy (non-hydrogen) atoms. The molecule has 1 aromatic heterocycles. The molecule has 0 amide bonds. The molecule has 0 fully saturated rings. The highest BCUT2D eigenvalue weighted by atomic mass is 32.2. The van der Waals surface area contributed by atoms with Crippen molar-refractivity contribution in [3.8, 4) is 0 Å². The fraction of sp³-hybridized carbons (Fsp3) is 0.471. The fourth-order valence-corrected chi connectivity index (χ4v) is 3.97. The second-order valence-corrected chi connectivity index (χ2v) is 7.93. The Morgan fingerprint density at radius 1 is 1.33 bits per heavy atom. The maximum atomic E-state index is 11.8. The highest BCUT2D eigenvalue weighted by Gasteiger charge is 2.26. The molecule has 1 unspecified atom stereocenters. The van der Waals surface area contributed by atoms with Crippen LogP contribution in [0.25, 0.3) is 0 Å². The third-order valence-corrected chi connectivity index (χ3v) is 5.57. The molecule has 0 radical (unpaired) electrons. The Morgan fingerprint density at radius 3 is 2.88 bits per heavy atom. The molecule has 2 heterocycles. The topological polar surface area (TPSA) is 73.2 Å². The SMILES string of the molecule is CCCS(=O)(=O)NCC1OCCc2cn(Cc3ccccc3)nc21. The molecule has 1 aromatic carbocycles. The van der Waals surface area contributed by atoms with E-state index in [4.69, 9.17) is 4.74 Å². The fourth-order valence-electron chi connectivity index (χ4n) is 2.88. The van der Waals surface area contributed by atoms with Crippen molar-refractivity contribution in [3.05, 3.63) is 53.3 Å². The van der Waals surface area contributed by atoms with Crippen LogP contribution in [0.1, 0.15) is 36.3 Å². The average molecular weight is 349 g/mol. The van der Waals surface area contributed by atoms with Crippen molar-refractivity contribution in [2.75, 3.05) is 18.9 Å². The first-order chi connectivity index (χ1) is 11.6. The smallest absolute Gasteiger partial charge is 0.211 e. The van der Waals surface area contributed by atoms with Gasteiger partial charge in [-0.1, -0.05) is 37.3 Å². The Balaban J connectivity index is 1.71. The lowest BCUT2D eigenvalue weighted by Crippen LogP contribution is -2.33. The van der Waals surface area contributed by atoms with Crippen LogP contribution in [0.15, 0.2) is 36.5 Å². The lowest BCUT2D eigenvalue weighted by molar-refractivity contribution is 0.0430. The van der Waals surface area contributed by atoms with E-state index in [0.717, 1.165) is 17.7 Å². The molecular formula is C17H23N3O3S. The quantitative estimate of drug-likeness (QED) is 0.828. The minimum absolute atomic E-state index is 0.134. The van der Waals surface area contributed by atoms with E-state index in [0.29, 0.717) is 19.6 Å². The summed E-state index contributed by atoms with van der Waals surface area (Å²) in [4.78, 5) is 0. The molecule has 130 valence electrons. The van der Waals surface area contributed by atoms with Crippen molar-refractivity contribution in [3.63, 3.8) is 0 Å². The summed E-state index contributed by atoms with van der Waals surface area (Å²) in [5.41, 5.74) is 3.16. The van der Waals surface area contributed by atoms with Gasteiger partial charge < -0.3 is 4.74 Å². The molecule has 1 aliphatic rings. The van der Waals surface area contributed by atoms with Crippen LogP contribution in [-0.2, 0) is 27.7 Å². The summed E-state index contributed by atoms with van der Waals surface area (Å²) in [6.45, 7) is 3.36. The number of ether oxygens (including phenoxy) is 1. The molecule has 1 N–H and O–H groups in total. The summed E-state index contributed by atoms with van der Waals surface area (Å²) in [6, 6.07) is 10.1. The lowest BCUT2D eigenvalue weighted by atomic mass is 10.1. The third kappa shape index (κ3) is 4.23. The second-order valence-electron chi connectivity index (χ2n) is 6.00. The van der Waals surface area contributed by atoms with E-state index < -0.39 is 10.0 Å². The maximum Gasteiger partial charge on any atom is 0.211 e. The van der Waals surface area contributed by atoms with Crippen molar-refractivity contribution < 1.29 is 13.2 Å². The predicted octanol–water partition coefficient (Wildman–Crippen LogP) is 1.87. The van der Waals surface area contributed by atoms with Gasteiger partial charge in [-0.2, -0.15) is 5.10 Å². The summed E-state index contributed by atoms with van der Waals surface area (Å²) in [7, 11) is -3.24. The van der Waals surface area contributed by atoms with Gasteiger partial charge in [0.1, 0.15) is 6.10 Å². The number of sulfonamides is 1. The first-order valence-corrected chi connectivity index (χ1v) is 9.91. The largest absolute Gasteiger partial charge is 0.370 e. The van der Waals surface area contributed by atoms with Crippen molar-refractivity contribution in [2.24, 2.45) is 0 Å². The Morgan fingerprint density at radius 2 is 2.12 bits per heavy atom. The molecule has 6 nitrogen and oxygen atoms in total. The van der Waals surface area contributed by atoms with Crippen LogP contribution in [0, 0.1) is 0 Å². The van der Waals surface area contributed by atoms with Crippen LogP contribution >= 0.6 is 0 Å². The molecule has 0 bridgehead atoms. The highest BCUT2D eigenvalue weighted by Crippen LogP contribution is 2.25. The van der Waals surface area contributed by atoms with Crippen LogP contribution in [-0.4, -0.2) is 37.1 Å². The lowest BCUT2D eigenvalue weighted by Gasteiger charge is -2.22. The number of hydrogen-bond donors (Lipinski definition) is 1. The second kappa shape index (κ2) is 7.46. The van der Waals surface area contributed by atoms with E-state index in [1.807, 2.05) is 36.0 Å². The van der Waals surface area contributed by atoms with E-state index >= 15 is 0 Å². The molecule has 3 rings (SSSR count). The third-order valence-electron chi connectivity index (χ3n) is 4.01. The van der Waals surface area contributed by atoms with Gasteiger partial charge in [-0.3, -0.25) is 4.68 Å². The van der Waals surface area contributed by atoms with E-state index in [-0.39, 0.29) is 18.4 Å². The van der Waals surface area contributed by atoms with Crippen molar-refractivity contribution in [1.29, 1.82) is 0 Å². The number of nitrogens with one attached hydrogen (secondary N) is 1. The van der Waals surface area contributed by atoms with Gasteiger partial charge in [0.2, 0.25) is 10.0 Å². The first-order valence-electron chi connectivity index (χ1n) is 8.26. The summed E-state index contributed by atoms with van der Waals surface area (Å²) in [6.07, 6.45) is 3.12. The number of fused-ring (bicyclic) bond motifs is 1. The van der Waals surface area contributed by atoms with E-state index in [1.165, 1.54) is 5.56 Å². The van der Waals surface area contributed by atoms with E-state index in [1.54, 1.807) is 0 Å². The Kier molecular flexibility index (Phi) is 5.33. The summed E-state index contributed by atoms with van der Waals surface area (Å²) in [5.74, 6) is 0.134. The van der Waals surface area contributed by atoms with Crippen molar-refractivity contribution >= 4 is 10.0 Å². The first kappa shape index (κ1) is 17.1. The van der Waals surface area contributed by atoms with Crippen LogP contribution < -0.4 is 4.72 Å². The zero-order valence-electron chi connectivity index (χ0n) is 13.8. The Hall–Kier alpha value is -1.70. The Bertz CT molecular complexity index is 772. The number of aromatic nitrogens is 2. The van der Waals surface area contributed by atoms with E-state index in [9.17, 15) is 8.42 Å². The molecule has 0 spiro atoms. The molecule has 1 aliphatic heterocycles. The van der Waals surface area contributed by atoms with Gasteiger partial charge in [0.15, 0.2) is 0 Å². The number of rotatable bonds is 7. The van der Waals surface area contributed by atoms with Gasteiger partial charge in [0.25, 0.3) is 0 Å². The average Bonchev–Trinajstić information content (AvgIpc) is 2.96. The summed E-state index contributed by atoms with van der Waals surface area (Å²) < 4.78 is 33.9. The van der Waals surface area contributed by atoms with Crippen molar-refractivity contribution in [1.82, 2.24) is 14.5 Å². The standard InChI is InChI=1S/C17H23N3O3S/c1-2-10-24(21,22)18-11-16-17-15(8-9-23-16)13-20(19-17)12-14-6-4-3-5-7-14/h3-7,13,16,18H,2,8-12H2,1H3. The molecule has 2 aromatic rings. The zero-order valence-corrected chi connectivity index (χ0v) is 14.6. The van der Waals surface area contributed by atoms with Gasteiger partial charge in [0.05, 0.1) is 24.6 Å². The molecule has 0 saturated heterocycles. The molecule has 1 atom stereocenters. The van der Waals surface area contributed by atoms with Crippen LogP contribution in [0.3, 0.4) is 0 Å². The Labute approximate surface area is 142 Å². The minimum atomic E-state index is -3.24. The maximum absolute atomic E-state index is 11.8. The molecule has 0 saturated carbocycles. The van der Waals surface area contributed by atoms with Crippen LogP contribution in [0.2, 0.25) is 0 Å². The van der Waals surface area contributed by atoms with Gasteiger partial charge in [0, 0.05) is 12.7 Å². The molecule has 0 aliphatic carbocycles. The minimum Gasteiger partial charge on any atom is -0.370 e. The highest BCUT2D eigenvalue weighted by molar-refractivity contribution is 7.89. The molecular weight excluding hydrogens is 326 g/mol.